The third kappa shape index (κ3) is 6.85. The molecule has 9 heteroatoms. The summed E-state index contributed by atoms with van der Waals surface area (Å²) in [6.07, 6.45) is 2.82. The van der Waals surface area contributed by atoms with Gasteiger partial charge in [-0.3, -0.25) is 14.5 Å². The van der Waals surface area contributed by atoms with Crippen LogP contribution in [0, 0.1) is 0 Å². The summed E-state index contributed by atoms with van der Waals surface area (Å²) in [5.41, 5.74) is 1.46. The van der Waals surface area contributed by atoms with E-state index in [1.54, 1.807) is 32.3 Å². The molecule has 0 aromatic heterocycles. The minimum absolute atomic E-state index is 0.0686. The normalized spacial score (nSPS) is 19.0. The summed E-state index contributed by atoms with van der Waals surface area (Å²) in [4.78, 5) is 39.1. The Kier molecular flexibility index (Phi) is 11.0. The molecule has 2 unspecified atom stereocenters. The number of ether oxygens (including phenoxy) is 1. The number of piperidine rings is 1. The first-order valence-corrected chi connectivity index (χ1v) is 10.2. The van der Waals surface area contributed by atoms with Crippen molar-refractivity contribution in [1.29, 1.82) is 0 Å². The van der Waals surface area contributed by atoms with E-state index in [0.717, 1.165) is 19.0 Å². The summed E-state index contributed by atoms with van der Waals surface area (Å²) >= 11 is 7.50. The monoisotopic (exact) mass is 442 g/mol. The van der Waals surface area contributed by atoms with Crippen LogP contribution in [0.15, 0.2) is 35.9 Å². The van der Waals surface area contributed by atoms with E-state index in [9.17, 15) is 14.4 Å². The zero-order valence-electron chi connectivity index (χ0n) is 17.0. The number of methoxy groups -OCH3 is 1. The highest BCUT2D eigenvalue weighted by Gasteiger charge is 2.35. The van der Waals surface area contributed by atoms with Gasteiger partial charge in [-0.2, -0.15) is 0 Å². The van der Waals surface area contributed by atoms with Gasteiger partial charge < -0.3 is 14.7 Å². The third-order valence-corrected chi connectivity index (χ3v) is 6.09. The Bertz CT molecular complexity index is 741. The number of esters is 1. The van der Waals surface area contributed by atoms with Crippen LogP contribution in [0.2, 0.25) is 5.02 Å². The summed E-state index contributed by atoms with van der Waals surface area (Å²) in [7, 11) is 5.73. The maximum Gasteiger partial charge on any atom is 0.327 e. The number of benzene rings is 1. The van der Waals surface area contributed by atoms with Gasteiger partial charge in [-0.25, -0.2) is 4.79 Å². The smallest absolute Gasteiger partial charge is 0.327 e. The Hall–Kier alpha value is -1.87. The zero-order chi connectivity index (χ0) is 22.0. The van der Waals surface area contributed by atoms with Crippen molar-refractivity contribution >= 4 is 40.9 Å². The van der Waals surface area contributed by atoms with Crippen LogP contribution in [-0.2, 0) is 14.3 Å². The molecule has 0 spiro atoms. The Morgan fingerprint density at radius 1 is 1.34 bits per heavy atom. The Morgan fingerprint density at radius 3 is 2.55 bits per heavy atom. The maximum atomic E-state index is 12.5. The minimum Gasteiger partial charge on any atom is -0.468 e. The summed E-state index contributed by atoms with van der Waals surface area (Å²) in [5, 5.41) is 7.31. The molecule has 1 amide bonds. The van der Waals surface area contributed by atoms with Gasteiger partial charge in [0.15, 0.2) is 0 Å². The number of thioether (sulfide) groups is 1. The number of halogens is 1. The molecule has 0 bridgehead atoms. The van der Waals surface area contributed by atoms with Crippen LogP contribution in [0.5, 0.6) is 0 Å². The van der Waals surface area contributed by atoms with Crippen LogP contribution in [0.4, 0.5) is 4.79 Å². The summed E-state index contributed by atoms with van der Waals surface area (Å²) in [6.45, 7) is 0.946. The predicted molar refractivity (Wildman–Crippen MR) is 115 cm³/mol. The SMILES string of the molecule is CO.COC(=O)C(c1ccccc1Cl)N1CCC(SC(=O)N(C)C)/C(=C\C=O)C1. The van der Waals surface area contributed by atoms with Crippen molar-refractivity contribution in [3.8, 4) is 0 Å². The Labute approximate surface area is 180 Å². The van der Waals surface area contributed by atoms with Crippen molar-refractivity contribution in [3.63, 3.8) is 0 Å². The Morgan fingerprint density at radius 2 is 2.00 bits per heavy atom. The zero-order valence-corrected chi connectivity index (χ0v) is 18.6. The number of hydrogen-bond donors (Lipinski definition) is 1. The van der Waals surface area contributed by atoms with E-state index in [0.29, 0.717) is 30.1 Å². The quantitative estimate of drug-likeness (QED) is 0.426. The van der Waals surface area contributed by atoms with Gasteiger partial charge in [0.05, 0.1) is 7.11 Å². The molecule has 1 saturated heterocycles. The van der Waals surface area contributed by atoms with Gasteiger partial charge in [-0.05, 0) is 29.7 Å². The summed E-state index contributed by atoms with van der Waals surface area (Å²) < 4.78 is 5.00. The molecule has 1 aromatic carbocycles. The molecular formula is C20H27ClN2O5S. The fourth-order valence-corrected chi connectivity index (χ4v) is 4.22. The van der Waals surface area contributed by atoms with Crippen LogP contribution in [0.3, 0.4) is 0 Å². The largest absolute Gasteiger partial charge is 0.468 e. The number of amides is 1. The molecule has 29 heavy (non-hydrogen) atoms. The molecule has 1 aliphatic rings. The van der Waals surface area contributed by atoms with Gasteiger partial charge in [0.2, 0.25) is 0 Å². The molecule has 0 radical (unpaired) electrons. The predicted octanol–water partition coefficient (Wildman–Crippen LogP) is 2.78. The highest BCUT2D eigenvalue weighted by molar-refractivity contribution is 8.14. The number of rotatable bonds is 5. The molecule has 0 saturated carbocycles. The second-order valence-electron chi connectivity index (χ2n) is 6.35. The van der Waals surface area contributed by atoms with Crippen molar-refractivity contribution in [1.82, 2.24) is 9.80 Å². The number of hydrogen-bond acceptors (Lipinski definition) is 7. The fourth-order valence-electron chi connectivity index (χ4n) is 2.99. The lowest BCUT2D eigenvalue weighted by atomic mass is 9.98. The van der Waals surface area contributed by atoms with E-state index in [1.807, 2.05) is 11.0 Å². The topological polar surface area (TPSA) is 87.2 Å². The lowest BCUT2D eigenvalue weighted by Gasteiger charge is -2.38. The molecule has 1 fully saturated rings. The van der Waals surface area contributed by atoms with Crippen molar-refractivity contribution in [2.24, 2.45) is 0 Å². The first kappa shape index (κ1) is 25.2. The maximum absolute atomic E-state index is 12.5. The van der Waals surface area contributed by atoms with Crippen molar-refractivity contribution < 1.29 is 24.2 Å². The average molecular weight is 443 g/mol. The summed E-state index contributed by atoms with van der Waals surface area (Å²) in [6, 6.07) is 6.47. The van der Waals surface area contributed by atoms with Crippen molar-refractivity contribution in [3.05, 3.63) is 46.5 Å². The summed E-state index contributed by atoms with van der Waals surface area (Å²) in [5.74, 6) is -0.413. The second-order valence-corrected chi connectivity index (χ2v) is 7.91. The van der Waals surface area contributed by atoms with E-state index in [2.05, 4.69) is 0 Å². The van der Waals surface area contributed by atoms with Crippen molar-refractivity contribution in [2.75, 3.05) is 41.4 Å². The van der Waals surface area contributed by atoms with E-state index >= 15 is 0 Å². The first-order chi connectivity index (χ1) is 13.9. The minimum atomic E-state index is -0.672. The number of allylic oxidation sites excluding steroid dienone is 1. The first-order valence-electron chi connectivity index (χ1n) is 8.92. The highest BCUT2D eigenvalue weighted by Crippen LogP contribution is 2.35. The van der Waals surface area contributed by atoms with E-state index < -0.39 is 12.0 Å². The molecule has 2 atom stereocenters. The Balaban J connectivity index is 0.00000204. The molecule has 1 N–H and O–H groups in total. The number of carbonyl (C=O) groups excluding carboxylic acids is 3. The van der Waals surface area contributed by atoms with Gasteiger partial charge in [0, 0.05) is 44.6 Å². The number of nitrogens with zero attached hydrogens (tertiary/aromatic N) is 2. The highest BCUT2D eigenvalue weighted by atomic mass is 35.5. The number of carbonyl (C=O) groups is 3. The molecule has 1 aliphatic heterocycles. The van der Waals surface area contributed by atoms with Gasteiger partial charge in [-0.1, -0.05) is 41.6 Å². The van der Waals surface area contributed by atoms with Crippen molar-refractivity contribution in [2.45, 2.75) is 17.7 Å². The molecule has 1 aromatic rings. The third-order valence-electron chi connectivity index (χ3n) is 4.36. The second kappa shape index (κ2) is 12.6. The molecule has 2 rings (SSSR count). The number of likely N-dealkylation sites (tertiary alicyclic amines) is 1. The van der Waals surface area contributed by atoms with Gasteiger partial charge in [0.25, 0.3) is 5.24 Å². The lowest BCUT2D eigenvalue weighted by Crippen LogP contribution is -2.43. The van der Waals surface area contributed by atoms with Crippen LogP contribution in [0.1, 0.15) is 18.0 Å². The van der Waals surface area contributed by atoms with Crippen LogP contribution < -0.4 is 0 Å². The molecule has 7 nitrogen and oxygen atoms in total. The molecule has 1 heterocycles. The fraction of sp³-hybridized carbons (Fsp3) is 0.450. The van der Waals surface area contributed by atoms with Crippen LogP contribution in [-0.4, -0.2) is 79.1 Å². The van der Waals surface area contributed by atoms with Crippen LogP contribution in [0.25, 0.3) is 0 Å². The van der Waals surface area contributed by atoms with E-state index in [-0.39, 0.29) is 10.5 Å². The standard InChI is InChI=1S/C19H23ClN2O4S.CH4O/c1-21(2)19(25)27-16-8-10-22(12-13(16)9-11-23)17(18(24)26-3)14-6-4-5-7-15(14)20;1-2/h4-7,9,11,16-17H,8,10,12H2,1-3H3;2H,1H3/b13-9-;. The van der Waals surface area contributed by atoms with Crippen LogP contribution >= 0.6 is 23.4 Å². The van der Waals surface area contributed by atoms with Gasteiger partial charge >= 0.3 is 5.97 Å². The van der Waals surface area contributed by atoms with E-state index in [1.165, 1.54) is 29.8 Å². The molecular weight excluding hydrogens is 416 g/mol. The average Bonchev–Trinajstić information content (AvgIpc) is 2.72. The number of aldehydes is 1. The lowest BCUT2D eigenvalue weighted by molar-refractivity contribution is -0.147. The number of aliphatic hydroxyl groups is 1. The van der Waals surface area contributed by atoms with Gasteiger partial charge in [0.1, 0.15) is 12.3 Å². The molecule has 160 valence electrons. The number of aliphatic hydroxyl groups excluding tert-OH is 1. The van der Waals surface area contributed by atoms with Gasteiger partial charge in [-0.15, -0.1) is 0 Å². The van der Waals surface area contributed by atoms with E-state index in [4.69, 9.17) is 21.4 Å². The molecule has 0 aliphatic carbocycles.